The Bertz CT molecular complexity index is 399. The maximum absolute atomic E-state index is 11.5. The normalized spacial score (nSPS) is 11.5. The monoisotopic (exact) mass is 306 g/mol. The summed E-state index contributed by atoms with van der Waals surface area (Å²) in [6.45, 7) is 4.37. The van der Waals surface area contributed by atoms with Crippen LogP contribution in [0.3, 0.4) is 0 Å². The van der Waals surface area contributed by atoms with E-state index in [2.05, 4.69) is 18.5 Å². The molecule has 14 heavy (non-hydrogen) atoms. The SMILES string of the molecule is CC/N=C(/C)c1c(NI)[nH]cnc1=O. The quantitative estimate of drug-likeness (QED) is 0.503. The highest BCUT2D eigenvalue weighted by Gasteiger charge is 2.09. The number of nitrogens with one attached hydrogen (secondary N) is 2. The summed E-state index contributed by atoms with van der Waals surface area (Å²) >= 11 is 1.95. The van der Waals surface area contributed by atoms with Crippen molar-refractivity contribution in [1.82, 2.24) is 9.97 Å². The second-order valence-corrected chi connectivity index (χ2v) is 3.15. The molecule has 0 radical (unpaired) electrons. The highest BCUT2D eigenvalue weighted by atomic mass is 127. The van der Waals surface area contributed by atoms with Crippen LogP contribution in [0.25, 0.3) is 0 Å². The smallest absolute Gasteiger partial charge is 0.283 e. The van der Waals surface area contributed by atoms with Crippen molar-refractivity contribution in [2.45, 2.75) is 13.8 Å². The highest BCUT2D eigenvalue weighted by molar-refractivity contribution is 14.1. The second-order valence-electron chi connectivity index (χ2n) is 2.61. The summed E-state index contributed by atoms with van der Waals surface area (Å²) in [6.07, 6.45) is 1.37. The van der Waals surface area contributed by atoms with Gasteiger partial charge < -0.3 is 8.51 Å². The molecule has 0 fully saturated rings. The number of H-pyrrole nitrogens is 1. The minimum absolute atomic E-state index is 0.266. The Morgan fingerprint density at radius 3 is 3.07 bits per heavy atom. The van der Waals surface area contributed by atoms with Crippen LogP contribution < -0.4 is 9.09 Å². The van der Waals surface area contributed by atoms with Crippen molar-refractivity contribution in [3.8, 4) is 0 Å². The maximum Gasteiger partial charge on any atom is 0.283 e. The minimum Gasteiger partial charge on any atom is -0.332 e. The Morgan fingerprint density at radius 1 is 1.79 bits per heavy atom. The Kier molecular flexibility index (Phi) is 4.05. The lowest BCUT2D eigenvalue weighted by Crippen LogP contribution is -2.19. The van der Waals surface area contributed by atoms with E-state index in [0.717, 1.165) is 0 Å². The van der Waals surface area contributed by atoms with Crippen molar-refractivity contribution in [1.29, 1.82) is 0 Å². The highest BCUT2D eigenvalue weighted by Crippen LogP contribution is 2.09. The zero-order chi connectivity index (χ0) is 10.6. The molecule has 1 heterocycles. The molecule has 0 aliphatic rings. The van der Waals surface area contributed by atoms with Crippen LogP contribution in [0.4, 0.5) is 5.82 Å². The van der Waals surface area contributed by atoms with Crippen molar-refractivity contribution >= 4 is 34.4 Å². The Balaban J connectivity index is 3.31. The predicted molar refractivity (Wildman–Crippen MR) is 65.3 cm³/mol. The first-order chi connectivity index (χ1) is 6.70. The molecule has 1 aromatic rings. The van der Waals surface area contributed by atoms with E-state index in [1.165, 1.54) is 6.33 Å². The largest absolute Gasteiger partial charge is 0.332 e. The van der Waals surface area contributed by atoms with E-state index in [1.807, 2.05) is 29.8 Å². The molecule has 0 spiro atoms. The van der Waals surface area contributed by atoms with Crippen molar-refractivity contribution in [2.75, 3.05) is 10.1 Å². The van der Waals surface area contributed by atoms with Crippen LogP contribution in [0.2, 0.25) is 0 Å². The van der Waals surface area contributed by atoms with Crippen molar-refractivity contribution in [3.05, 3.63) is 22.2 Å². The Morgan fingerprint density at radius 2 is 2.50 bits per heavy atom. The summed E-state index contributed by atoms with van der Waals surface area (Å²) in [5.41, 5.74) is 0.933. The summed E-state index contributed by atoms with van der Waals surface area (Å²) in [7, 11) is 0. The molecule has 6 heteroatoms. The third kappa shape index (κ3) is 2.31. The zero-order valence-corrected chi connectivity index (χ0v) is 10.1. The second kappa shape index (κ2) is 5.08. The zero-order valence-electron chi connectivity index (χ0n) is 7.97. The minimum atomic E-state index is -0.266. The molecule has 1 aromatic heterocycles. The molecule has 0 saturated heterocycles. The molecule has 1 rings (SSSR count). The lowest BCUT2D eigenvalue weighted by molar-refractivity contribution is 1.09. The van der Waals surface area contributed by atoms with Crippen LogP contribution in [-0.4, -0.2) is 22.2 Å². The summed E-state index contributed by atoms with van der Waals surface area (Å²) in [4.78, 5) is 22.1. The van der Waals surface area contributed by atoms with Gasteiger partial charge in [-0.15, -0.1) is 0 Å². The van der Waals surface area contributed by atoms with Crippen LogP contribution in [0.15, 0.2) is 16.1 Å². The van der Waals surface area contributed by atoms with Crippen LogP contribution in [0.1, 0.15) is 19.4 Å². The molecule has 0 bridgehead atoms. The number of rotatable bonds is 3. The number of hydrogen-bond acceptors (Lipinski definition) is 4. The van der Waals surface area contributed by atoms with Crippen molar-refractivity contribution in [3.63, 3.8) is 0 Å². The average Bonchev–Trinajstić information content (AvgIpc) is 2.17. The van der Waals surface area contributed by atoms with Gasteiger partial charge in [0.05, 0.1) is 29.2 Å². The fraction of sp³-hybridized carbons (Fsp3) is 0.375. The van der Waals surface area contributed by atoms with Crippen molar-refractivity contribution < 1.29 is 0 Å². The van der Waals surface area contributed by atoms with Gasteiger partial charge in [-0.2, -0.15) is 4.98 Å². The van der Waals surface area contributed by atoms with Crippen molar-refractivity contribution in [2.24, 2.45) is 4.99 Å². The first kappa shape index (κ1) is 11.2. The standard InChI is InChI=1S/C8H11IN4O/c1-3-10-5(2)6-7(13-9)11-4-12-8(6)14/h4H,3H2,1-2H3,(H2,11,12,13,14)/b10-5-. The van der Waals surface area contributed by atoms with Gasteiger partial charge in [0.15, 0.2) is 0 Å². The lowest BCUT2D eigenvalue weighted by Gasteiger charge is -2.04. The van der Waals surface area contributed by atoms with Crippen LogP contribution >= 0.6 is 22.9 Å². The summed E-state index contributed by atoms with van der Waals surface area (Å²) in [5, 5.41) is 0. The van der Waals surface area contributed by atoms with Gasteiger partial charge in [-0.3, -0.25) is 9.79 Å². The van der Waals surface area contributed by atoms with Crippen LogP contribution in [-0.2, 0) is 0 Å². The van der Waals surface area contributed by atoms with E-state index < -0.39 is 0 Å². The Hall–Kier alpha value is -0.920. The summed E-state index contributed by atoms with van der Waals surface area (Å²) in [6, 6.07) is 0. The van der Waals surface area contributed by atoms with Gasteiger partial charge in [0.25, 0.3) is 5.56 Å². The molecule has 0 unspecified atom stereocenters. The van der Waals surface area contributed by atoms with E-state index in [0.29, 0.717) is 23.6 Å². The summed E-state index contributed by atoms with van der Waals surface area (Å²) in [5.74, 6) is 0.639. The molecule has 2 N–H and O–H groups in total. The van der Waals surface area contributed by atoms with Gasteiger partial charge in [-0.05, 0) is 13.8 Å². The number of hydrogen-bond donors (Lipinski definition) is 2. The van der Waals surface area contributed by atoms with E-state index in [4.69, 9.17) is 0 Å². The fourth-order valence-corrected chi connectivity index (χ4v) is 1.55. The number of aromatic amines is 1. The van der Waals surface area contributed by atoms with Gasteiger partial charge in [-0.25, -0.2) is 0 Å². The topological polar surface area (TPSA) is 70.1 Å². The van der Waals surface area contributed by atoms with E-state index in [9.17, 15) is 4.79 Å². The molecule has 5 nitrogen and oxygen atoms in total. The average molecular weight is 306 g/mol. The van der Waals surface area contributed by atoms with E-state index in [-0.39, 0.29) is 5.56 Å². The fourth-order valence-electron chi connectivity index (χ4n) is 1.13. The van der Waals surface area contributed by atoms with Gasteiger partial charge >= 0.3 is 0 Å². The molecule has 0 aromatic carbocycles. The number of aromatic nitrogens is 2. The number of aliphatic imine (C=N–C) groups is 1. The molecule has 0 aliphatic carbocycles. The summed E-state index contributed by atoms with van der Waals surface area (Å²) < 4.78 is 2.87. The Labute approximate surface area is 95.6 Å². The van der Waals surface area contributed by atoms with Gasteiger partial charge in [0, 0.05) is 12.3 Å². The molecule has 0 atom stereocenters. The third-order valence-electron chi connectivity index (χ3n) is 1.71. The van der Waals surface area contributed by atoms with Gasteiger partial charge in [0.2, 0.25) is 0 Å². The van der Waals surface area contributed by atoms with Gasteiger partial charge in [-0.1, -0.05) is 0 Å². The molecule has 0 amide bonds. The molecular weight excluding hydrogens is 295 g/mol. The number of anilines is 1. The maximum atomic E-state index is 11.5. The van der Waals surface area contributed by atoms with E-state index in [1.54, 1.807) is 6.92 Å². The molecule has 0 saturated carbocycles. The predicted octanol–water partition coefficient (Wildman–Crippen LogP) is 1.36. The third-order valence-corrected chi connectivity index (χ3v) is 2.25. The van der Waals surface area contributed by atoms with Crippen LogP contribution in [0, 0.1) is 0 Å². The molecule has 0 aliphatic heterocycles. The number of nitrogens with zero attached hydrogens (tertiary/aromatic N) is 2. The van der Waals surface area contributed by atoms with Crippen LogP contribution in [0.5, 0.6) is 0 Å². The van der Waals surface area contributed by atoms with E-state index >= 15 is 0 Å². The molecular formula is C8H11IN4O. The lowest BCUT2D eigenvalue weighted by atomic mass is 10.2. The molecule has 76 valence electrons. The number of halogens is 1. The first-order valence-corrected chi connectivity index (χ1v) is 5.24. The first-order valence-electron chi connectivity index (χ1n) is 4.16. The van der Waals surface area contributed by atoms with Gasteiger partial charge in [0.1, 0.15) is 11.4 Å².